The Kier molecular flexibility index (Phi) is 2.29. The van der Waals surface area contributed by atoms with Crippen LogP contribution in [0.2, 0.25) is 0 Å². The van der Waals surface area contributed by atoms with Crippen LogP contribution in [0.3, 0.4) is 0 Å². The van der Waals surface area contributed by atoms with Gasteiger partial charge in [0.2, 0.25) is 0 Å². The molecule has 1 unspecified atom stereocenters. The Bertz CT molecular complexity index is 112. The van der Waals surface area contributed by atoms with Crippen LogP contribution in [-0.2, 0) is 0 Å². The summed E-state index contributed by atoms with van der Waals surface area (Å²) in [6.07, 6.45) is 1.30. The summed E-state index contributed by atoms with van der Waals surface area (Å²) >= 11 is 0. The molecule has 1 rings (SSSR count). The molecule has 1 saturated carbocycles. The van der Waals surface area contributed by atoms with E-state index in [-0.39, 0.29) is 6.67 Å². The standard InChI is InChI=1S/C8H16FN/c1-8(2)5-7(8)6-10-4-3-9/h7,10H,3-6H2,1-2H3. The molecular formula is C8H16FN. The Hall–Kier alpha value is -0.110. The first-order valence-electron chi connectivity index (χ1n) is 3.93. The lowest BCUT2D eigenvalue weighted by Crippen LogP contribution is -2.20. The van der Waals surface area contributed by atoms with Crippen molar-refractivity contribution < 1.29 is 4.39 Å². The van der Waals surface area contributed by atoms with Crippen molar-refractivity contribution >= 4 is 0 Å². The SMILES string of the molecule is CC1(C)CC1CNCCF. The van der Waals surface area contributed by atoms with Crippen molar-refractivity contribution in [2.45, 2.75) is 20.3 Å². The summed E-state index contributed by atoms with van der Waals surface area (Å²) in [5, 5.41) is 3.08. The van der Waals surface area contributed by atoms with Gasteiger partial charge in [0, 0.05) is 6.54 Å². The Labute approximate surface area is 62.0 Å². The molecule has 0 bridgehead atoms. The molecule has 0 saturated heterocycles. The second-order valence-corrected chi connectivity index (χ2v) is 3.78. The van der Waals surface area contributed by atoms with Crippen molar-refractivity contribution in [1.29, 1.82) is 0 Å². The molecule has 1 fully saturated rings. The van der Waals surface area contributed by atoms with Crippen LogP contribution in [0.25, 0.3) is 0 Å². The smallest absolute Gasteiger partial charge is 0.102 e. The first-order valence-corrected chi connectivity index (χ1v) is 3.93. The monoisotopic (exact) mass is 145 g/mol. The van der Waals surface area contributed by atoms with Crippen molar-refractivity contribution in [3.63, 3.8) is 0 Å². The molecule has 1 aliphatic carbocycles. The van der Waals surface area contributed by atoms with Crippen molar-refractivity contribution in [3.8, 4) is 0 Å². The number of alkyl halides is 1. The van der Waals surface area contributed by atoms with Gasteiger partial charge in [-0.1, -0.05) is 13.8 Å². The third-order valence-corrected chi connectivity index (χ3v) is 2.38. The van der Waals surface area contributed by atoms with E-state index in [4.69, 9.17) is 0 Å². The highest BCUT2D eigenvalue weighted by atomic mass is 19.1. The number of hydrogen-bond donors (Lipinski definition) is 1. The molecule has 10 heavy (non-hydrogen) atoms. The van der Waals surface area contributed by atoms with E-state index in [0.717, 1.165) is 12.5 Å². The minimum Gasteiger partial charge on any atom is -0.314 e. The van der Waals surface area contributed by atoms with E-state index < -0.39 is 0 Å². The third kappa shape index (κ3) is 1.94. The van der Waals surface area contributed by atoms with Gasteiger partial charge in [0.1, 0.15) is 6.67 Å². The van der Waals surface area contributed by atoms with E-state index in [9.17, 15) is 4.39 Å². The van der Waals surface area contributed by atoms with Crippen molar-refractivity contribution in [1.82, 2.24) is 5.32 Å². The maximum Gasteiger partial charge on any atom is 0.102 e. The lowest BCUT2D eigenvalue weighted by atomic mass is 10.1. The zero-order chi connectivity index (χ0) is 7.61. The highest BCUT2D eigenvalue weighted by Crippen LogP contribution is 2.50. The molecule has 1 atom stereocenters. The molecule has 0 spiro atoms. The number of halogens is 1. The van der Waals surface area contributed by atoms with E-state index in [1.807, 2.05) is 0 Å². The van der Waals surface area contributed by atoms with Crippen LogP contribution in [0.4, 0.5) is 4.39 Å². The first kappa shape index (κ1) is 7.99. The summed E-state index contributed by atoms with van der Waals surface area (Å²) in [6.45, 7) is 5.79. The summed E-state index contributed by atoms with van der Waals surface area (Å²) < 4.78 is 11.6. The van der Waals surface area contributed by atoms with Crippen molar-refractivity contribution in [3.05, 3.63) is 0 Å². The molecule has 0 aromatic heterocycles. The van der Waals surface area contributed by atoms with Gasteiger partial charge in [0.15, 0.2) is 0 Å². The Balaban J connectivity index is 1.97. The molecule has 0 radical (unpaired) electrons. The van der Waals surface area contributed by atoms with E-state index in [1.165, 1.54) is 6.42 Å². The fraction of sp³-hybridized carbons (Fsp3) is 1.00. The largest absolute Gasteiger partial charge is 0.314 e. The molecule has 0 aliphatic heterocycles. The van der Waals surface area contributed by atoms with E-state index in [2.05, 4.69) is 19.2 Å². The minimum absolute atomic E-state index is 0.243. The summed E-state index contributed by atoms with van der Waals surface area (Å²) in [5.74, 6) is 0.791. The Morgan fingerprint density at radius 2 is 2.20 bits per heavy atom. The zero-order valence-electron chi connectivity index (χ0n) is 6.78. The van der Waals surface area contributed by atoms with Gasteiger partial charge in [-0.3, -0.25) is 0 Å². The Morgan fingerprint density at radius 3 is 2.60 bits per heavy atom. The molecule has 60 valence electrons. The summed E-state index contributed by atoms with van der Waals surface area (Å²) in [6, 6.07) is 0. The third-order valence-electron chi connectivity index (χ3n) is 2.38. The lowest BCUT2D eigenvalue weighted by molar-refractivity contribution is 0.448. The van der Waals surface area contributed by atoms with E-state index in [1.54, 1.807) is 0 Å². The van der Waals surface area contributed by atoms with E-state index in [0.29, 0.717) is 12.0 Å². The van der Waals surface area contributed by atoms with Crippen LogP contribution in [0, 0.1) is 11.3 Å². The lowest BCUT2D eigenvalue weighted by Gasteiger charge is -2.02. The fourth-order valence-electron chi connectivity index (χ4n) is 1.27. The minimum atomic E-state index is -0.243. The maximum atomic E-state index is 11.6. The quantitative estimate of drug-likeness (QED) is 0.592. The highest BCUT2D eigenvalue weighted by molar-refractivity contribution is 4.95. The fourth-order valence-corrected chi connectivity index (χ4v) is 1.27. The molecule has 1 nitrogen and oxygen atoms in total. The molecule has 0 amide bonds. The Morgan fingerprint density at radius 1 is 1.60 bits per heavy atom. The second-order valence-electron chi connectivity index (χ2n) is 3.78. The summed E-state index contributed by atoms with van der Waals surface area (Å²) in [4.78, 5) is 0. The van der Waals surface area contributed by atoms with Crippen LogP contribution in [0.5, 0.6) is 0 Å². The van der Waals surface area contributed by atoms with Crippen LogP contribution in [0.1, 0.15) is 20.3 Å². The summed E-state index contributed by atoms with van der Waals surface area (Å²) in [7, 11) is 0. The van der Waals surface area contributed by atoms with E-state index >= 15 is 0 Å². The van der Waals surface area contributed by atoms with Gasteiger partial charge >= 0.3 is 0 Å². The molecule has 0 heterocycles. The van der Waals surface area contributed by atoms with Gasteiger partial charge in [-0.25, -0.2) is 4.39 Å². The van der Waals surface area contributed by atoms with Crippen LogP contribution < -0.4 is 5.32 Å². The van der Waals surface area contributed by atoms with Gasteiger partial charge < -0.3 is 5.32 Å². The number of nitrogens with one attached hydrogen (secondary N) is 1. The predicted octanol–water partition coefficient (Wildman–Crippen LogP) is 1.59. The predicted molar refractivity (Wildman–Crippen MR) is 40.7 cm³/mol. The average Bonchev–Trinajstić information content (AvgIpc) is 2.41. The number of hydrogen-bond acceptors (Lipinski definition) is 1. The van der Waals surface area contributed by atoms with Crippen molar-refractivity contribution in [2.24, 2.45) is 11.3 Å². The van der Waals surface area contributed by atoms with Gasteiger partial charge in [0.05, 0.1) is 0 Å². The van der Waals surface area contributed by atoms with Gasteiger partial charge in [-0.15, -0.1) is 0 Å². The second kappa shape index (κ2) is 2.87. The molecule has 0 aromatic carbocycles. The average molecular weight is 145 g/mol. The van der Waals surface area contributed by atoms with Crippen LogP contribution in [-0.4, -0.2) is 19.8 Å². The molecule has 1 N–H and O–H groups in total. The molecule has 2 heteroatoms. The van der Waals surface area contributed by atoms with Gasteiger partial charge in [-0.2, -0.15) is 0 Å². The van der Waals surface area contributed by atoms with Crippen LogP contribution >= 0.6 is 0 Å². The first-order chi connectivity index (χ1) is 4.67. The zero-order valence-corrected chi connectivity index (χ0v) is 6.78. The molecule has 1 aliphatic rings. The topological polar surface area (TPSA) is 12.0 Å². The maximum absolute atomic E-state index is 11.6. The molecule has 0 aromatic rings. The van der Waals surface area contributed by atoms with Gasteiger partial charge in [0.25, 0.3) is 0 Å². The highest BCUT2D eigenvalue weighted by Gasteiger charge is 2.44. The summed E-state index contributed by atoms with van der Waals surface area (Å²) in [5.41, 5.74) is 0.531. The van der Waals surface area contributed by atoms with Crippen LogP contribution in [0.15, 0.2) is 0 Å². The van der Waals surface area contributed by atoms with Crippen molar-refractivity contribution in [2.75, 3.05) is 19.8 Å². The normalized spacial score (nSPS) is 28.5. The van der Waals surface area contributed by atoms with Gasteiger partial charge in [-0.05, 0) is 24.3 Å². The number of rotatable bonds is 4. The molecular weight excluding hydrogens is 129 g/mol.